The molecule has 17 heavy (non-hydrogen) atoms. The van der Waals surface area contributed by atoms with Crippen LogP contribution in [0.25, 0.3) is 0 Å². The van der Waals surface area contributed by atoms with Crippen LogP contribution in [0.3, 0.4) is 0 Å². The molecule has 3 N–H and O–H groups in total. The van der Waals surface area contributed by atoms with E-state index in [0.717, 1.165) is 19.4 Å². The molecule has 1 aliphatic heterocycles. The monoisotopic (exact) mass is 244 g/mol. The summed E-state index contributed by atoms with van der Waals surface area (Å²) in [5, 5.41) is 14.0. The topological polar surface area (TPSA) is 87.7 Å². The zero-order valence-electron chi connectivity index (χ0n) is 10.2. The summed E-state index contributed by atoms with van der Waals surface area (Å²) in [7, 11) is 0. The first kappa shape index (κ1) is 13.8. The average molecular weight is 244 g/mol. The number of carboxylic acids is 1. The third kappa shape index (κ3) is 4.60. The van der Waals surface area contributed by atoms with E-state index < -0.39 is 18.0 Å². The Balaban J connectivity index is 2.29. The van der Waals surface area contributed by atoms with Crippen LogP contribution in [0.1, 0.15) is 26.7 Å². The van der Waals surface area contributed by atoms with E-state index in [2.05, 4.69) is 10.6 Å². The highest BCUT2D eigenvalue weighted by atomic mass is 16.5. The van der Waals surface area contributed by atoms with E-state index in [1.54, 1.807) is 13.8 Å². The van der Waals surface area contributed by atoms with Crippen molar-refractivity contribution in [1.82, 2.24) is 10.6 Å². The highest BCUT2D eigenvalue weighted by Crippen LogP contribution is 2.10. The summed E-state index contributed by atoms with van der Waals surface area (Å²) in [5.74, 6) is -1.17. The van der Waals surface area contributed by atoms with Crippen molar-refractivity contribution in [2.45, 2.75) is 38.8 Å². The highest BCUT2D eigenvalue weighted by molar-refractivity contribution is 5.82. The van der Waals surface area contributed by atoms with E-state index in [-0.39, 0.29) is 12.0 Å². The normalized spacial score (nSPS) is 21.2. The van der Waals surface area contributed by atoms with Crippen molar-refractivity contribution in [3.05, 3.63) is 0 Å². The molecule has 0 aromatic rings. The van der Waals surface area contributed by atoms with Crippen LogP contribution >= 0.6 is 0 Å². The molecule has 0 bridgehead atoms. The van der Waals surface area contributed by atoms with Gasteiger partial charge in [0.1, 0.15) is 6.04 Å². The van der Waals surface area contributed by atoms with Crippen LogP contribution in [0.4, 0.5) is 4.79 Å². The second-order valence-corrected chi connectivity index (χ2v) is 4.55. The van der Waals surface area contributed by atoms with E-state index in [0.29, 0.717) is 6.54 Å². The fourth-order valence-corrected chi connectivity index (χ4v) is 1.72. The number of hydrogen-bond donors (Lipinski definition) is 3. The minimum Gasteiger partial charge on any atom is -0.480 e. The zero-order chi connectivity index (χ0) is 12.8. The first-order valence-electron chi connectivity index (χ1n) is 5.89. The molecular formula is C11H20N2O4. The number of nitrogens with one attached hydrogen (secondary N) is 2. The Labute approximate surface area is 101 Å². The van der Waals surface area contributed by atoms with Crippen LogP contribution in [0.15, 0.2) is 0 Å². The second-order valence-electron chi connectivity index (χ2n) is 4.55. The molecule has 1 unspecified atom stereocenters. The molecule has 1 fully saturated rings. The lowest BCUT2D eigenvalue weighted by Crippen LogP contribution is -2.49. The number of aliphatic carboxylic acids is 1. The average Bonchev–Trinajstić information content (AvgIpc) is 2.74. The standard InChI is InChI=1S/C11H20N2O4/c1-7(2)9(10(14)15)13-11(16)12-6-8-4-3-5-17-8/h7-9H,3-6H2,1-2H3,(H,14,15)(H2,12,13,16)/t8?,9-/m0/s1. The zero-order valence-corrected chi connectivity index (χ0v) is 10.2. The van der Waals surface area contributed by atoms with Gasteiger partial charge >= 0.3 is 12.0 Å². The molecule has 1 saturated heterocycles. The minimum absolute atomic E-state index is 0.0584. The fourth-order valence-electron chi connectivity index (χ4n) is 1.72. The minimum atomic E-state index is -1.02. The van der Waals surface area contributed by atoms with Gasteiger partial charge < -0.3 is 20.5 Å². The Morgan fingerprint density at radius 2 is 2.18 bits per heavy atom. The van der Waals surface area contributed by atoms with Crippen molar-refractivity contribution < 1.29 is 19.4 Å². The molecule has 0 aromatic heterocycles. The molecule has 0 spiro atoms. The maximum Gasteiger partial charge on any atom is 0.326 e. The largest absolute Gasteiger partial charge is 0.480 e. The van der Waals surface area contributed by atoms with E-state index in [1.165, 1.54) is 0 Å². The second kappa shape index (κ2) is 6.44. The first-order chi connectivity index (χ1) is 8.00. The number of carbonyl (C=O) groups is 2. The fraction of sp³-hybridized carbons (Fsp3) is 0.818. The Kier molecular flexibility index (Phi) is 5.21. The maximum atomic E-state index is 11.5. The van der Waals surface area contributed by atoms with Crippen molar-refractivity contribution in [1.29, 1.82) is 0 Å². The predicted octanol–water partition coefficient (Wildman–Crippen LogP) is 0.574. The van der Waals surface area contributed by atoms with Gasteiger partial charge in [-0.15, -0.1) is 0 Å². The summed E-state index contributed by atoms with van der Waals surface area (Å²) >= 11 is 0. The number of ether oxygens (including phenoxy) is 1. The maximum absolute atomic E-state index is 11.5. The summed E-state index contributed by atoms with van der Waals surface area (Å²) in [4.78, 5) is 22.3. The highest BCUT2D eigenvalue weighted by Gasteiger charge is 2.24. The smallest absolute Gasteiger partial charge is 0.326 e. The molecule has 1 heterocycles. The quantitative estimate of drug-likeness (QED) is 0.660. The van der Waals surface area contributed by atoms with Gasteiger partial charge in [-0.3, -0.25) is 0 Å². The lowest BCUT2D eigenvalue weighted by atomic mass is 10.1. The first-order valence-corrected chi connectivity index (χ1v) is 5.89. The molecule has 1 rings (SSSR count). The Morgan fingerprint density at radius 1 is 1.47 bits per heavy atom. The van der Waals surface area contributed by atoms with E-state index in [1.807, 2.05) is 0 Å². The van der Waals surface area contributed by atoms with Crippen LogP contribution in [0.2, 0.25) is 0 Å². The van der Waals surface area contributed by atoms with Gasteiger partial charge in [0, 0.05) is 13.2 Å². The predicted molar refractivity (Wildman–Crippen MR) is 61.8 cm³/mol. The summed E-state index contributed by atoms with van der Waals surface area (Å²) in [6.45, 7) is 4.66. The molecule has 1 aliphatic rings. The van der Waals surface area contributed by atoms with Gasteiger partial charge in [-0.25, -0.2) is 9.59 Å². The van der Waals surface area contributed by atoms with Crippen molar-refractivity contribution in [2.75, 3.05) is 13.2 Å². The van der Waals surface area contributed by atoms with Crippen LogP contribution in [-0.4, -0.2) is 42.4 Å². The molecule has 6 nitrogen and oxygen atoms in total. The Bertz CT molecular complexity index is 275. The van der Waals surface area contributed by atoms with Gasteiger partial charge in [0.05, 0.1) is 6.10 Å². The van der Waals surface area contributed by atoms with Crippen LogP contribution in [-0.2, 0) is 9.53 Å². The van der Waals surface area contributed by atoms with Gasteiger partial charge in [-0.05, 0) is 18.8 Å². The molecular weight excluding hydrogens is 224 g/mol. The summed E-state index contributed by atoms with van der Waals surface area (Å²) in [6.07, 6.45) is 2.01. The van der Waals surface area contributed by atoms with Gasteiger partial charge in [-0.1, -0.05) is 13.8 Å². The van der Waals surface area contributed by atoms with E-state index >= 15 is 0 Å². The van der Waals surface area contributed by atoms with E-state index in [4.69, 9.17) is 9.84 Å². The van der Waals surface area contributed by atoms with Gasteiger partial charge in [-0.2, -0.15) is 0 Å². The van der Waals surface area contributed by atoms with E-state index in [9.17, 15) is 9.59 Å². The number of urea groups is 1. The summed E-state index contributed by atoms with van der Waals surface area (Å²) in [6, 6.07) is -1.32. The Morgan fingerprint density at radius 3 is 2.65 bits per heavy atom. The molecule has 98 valence electrons. The number of carbonyl (C=O) groups excluding carboxylic acids is 1. The molecule has 0 radical (unpaired) electrons. The van der Waals surface area contributed by atoms with Gasteiger partial charge in [0.2, 0.25) is 0 Å². The number of amides is 2. The summed E-state index contributed by atoms with van der Waals surface area (Å²) in [5.41, 5.74) is 0. The molecule has 6 heteroatoms. The van der Waals surface area contributed by atoms with Crippen molar-refractivity contribution in [3.8, 4) is 0 Å². The van der Waals surface area contributed by atoms with Crippen LogP contribution in [0, 0.1) is 5.92 Å². The molecule has 0 saturated carbocycles. The van der Waals surface area contributed by atoms with Crippen LogP contribution < -0.4 is 10.6 Å². The molecule has 0 aliphatic carbocycles. The SMILES string of the molecule is CC(C)[C@H](NC(=O)NCC1CCCO1)C(=O)O. The number of carboxylic acid groups (broad SMARTS) is 1. The number of rotatable bonds is 5. The number of hydrogen-bond acceptors (Lipinski definition) is 3. The molecule has 2 atom stereocenters. The molecule has 2 amide bonds. The van der Waals surface area contributed by atoms with Crippen molar-refractivity contribution in [2.24, 2.45) is 5.92 Å². The lowest BCUT2D eigenvalue weighted by Gasteiger charge is -2.19. The van der Waals surface area contributed by atoms with Crippen molar-refractivity contribution in [3.63, 3.8) is 0 Å². The van der Waals surface area contributed by atoms with Gasteiger partial charge in [0.25, 0.3) is 0 Å². The third-order valence-electron chi connectivity index (χ3n) is 2.73. The summed E-state index contributed by atoms with van der Waals surface area (Å²) < 4.78 is 5.34. The van der Waals surface area contributed by atoms with Crippen molar-refractivity contribution >= 4 is 12.0 Å². The third-order valence-corrected chi connectivity index (χ3v) is 2.73. The lowest BCUT2D eigenvalue weighted by molar-refractivity contribution is -0.140. The van der Waals surface area contributed by atoms with Gasteiger partial charge in [0.15, 0.2) is 0 Å². The molecule has 0 aromatic carbocycles. The van der Waals surface area contributed by atoms with Crippen LogP contribution in [0.5, 0.6) is 0 Å². The Hall–Kier alpha value is -1.30.